The lowest BCUT2D eigenvalue weighted by atomic mass is 9.83. The van der Waals surface area contributed by atoms with Crippen LogP contribution in [0.25, 0.3) is 0 Å². The molecule has 1 atom stereocenters. The van der Waals surface area contributed by atoms with Gasteiger partial charge in [-0.05, 0) is 49.8 Å². The second kappa shape index (κ2) is 6.40. The summed E-state index contributed by atoms with van der Waals surface area (Å²) < 4.78 is 0. The van der Waals surface area contributed by atoms with Gasteiger partial charge in [0.15, 0.2) is 0 Å². The number of hydrogen-bond donors (Lipinski definition) is 2. The van der Waals surface area contributed by atoms with Crippen LogP contribution in [0.5, 0.6) is 0 Å². The summed E-state index contributed by atoms with van der Waals surface area (Å²) in [6, 6.07) is 6.29. The number of carbonyl (C=O) groups is 1. The van der Waals surface area contributed by atoms with Crippen LogP contribution in [0.2, 0.25) is 0 Å². The number of benzene rings is 1. The summed E-state index contributed by atoms with van der Waals surface area (Å²) in [7, 11) is 0. The Kier molecular flexibility index (Phi) is 4.81. The molecule has 1 aliphatic rings. The SMILES string of the molecule is Cc1ccc(C)c(CC(=O)NCC2(C)CCCNC2)c1. The minimum absolute atomic E-state index is 0.130. The van der Waals surface area contributed by atoms with Crippen LogP contribution < -0.4 is 10.6 Å². The quantitative estimate of drug-likeness (QED) is 0.885. The van der Waals surface area contributed by atoms with Crippen molar-refractivity contribution in [2.75, 3.05) is 19.6 Å². The van der Waals surface area contributed by atoms with E-state index in [1.807, 2.05) is 0 Å². The summed E-state index contributed by atoms with van der Waals surface area (Å²) in [6.07, 6.45) is 2.87. The van der Waals surface area contributed by atoms with E-state index >= 15 is 0 Å². The third-order valence-corrected chi connectivity index (χ3v) is 4.25. The lowest BCUT2D eigenvalue weighted by Crippen LogP contribution is -2.46. The molecule has 110 valence electrons. The van der Waals surface area contributed by atoms with Gasteiger partial charge in [-0.25, -0.2) is 0 Å². The molecule has 2 rings (SSSR count). The van der Waals surface area contributed by atoms with Gasteiger partial charge in [0.1, 0.15) is 0 Å². The normalized spacial score (nSPS) is 22.6. The zero-order valence-corrected chi connectivity index (χ0v) is 12.9. The number of piperidine rings is 1. The maximum atomic E-state index is 12.1. The molecule has 20 heavy (non-hydrogen) atoms. The number of rotatable bonds is 4. The number of amides is 1. The van der Waals surface area contributed by atoms with Crippen molar-refractivity contribution in [2.24, 2.45) is 5.41 Å². The fraction of sp³-hybridized carbons (Fsp3) is 0.588. The Bertz CT molecular complexity index is 476. The van der Waals surface area contributed by atoms with Gasteiger partial charge in [0.05, 0.1) is 6.42 Å². The van der Waals surface area contributed by atoms with Crippen molar-refractivity contribution in [1.82, 2.24) is 10.6 Å². The monoisotopic (exact) mass is 274 g/mol. The van der Waals surface area contributed by atoms with Crippen LogP contribution in [-0.4, -0.2) is 25.5 Å². The highest BCUT2D eigenvalue weighted by molar-refractivity contribution is 5.79. The van der Waals surface area contributed by atoms with Crippen LogP contribution in [0.15, 0.2) is 18.2 Å². The van der Waals surface area contributed by atoms with Gasteiger partial charge >= 0.3 is 0 Å². The minimum atomic E-state index is 0.130. The Morgan fingerprint density at radius 1 is 1.40 bits per heavy atom. The molecule has 1 unspecified atom stereocenters. The van der Waals surface area contributed by atoms with Gasteiger partial charge in [0, 0.05) is 13.1 Å². The van der Waals surface area contributed by atoms with E-state index in [0.717, 1.165) is 25.2 Å². The highest BCUT2D eigenvalue weighted by Gasteiger charge is 2.26. The van der Waals surface area contributed by atoms with Crippen molar-refractivity contribution in [3.8, 4) is 0 Å². The zero-order valence-electron chi connectivity index (χ0n) is 12.9. The molecular weight excluding hydrogens is 248 g/mol. The lowest BCUT2D eigenvalue weighted by Gasteiger charge is -2.34. The second-order valence-corrected chi connectivity index (χ2v) is 6.47. The molecule has 2 N–H and O–H groups in total. The molecule has 1 saturated heterocycles. The van der Waals surface area contributed by atoms with E-state index in [-0.39, 0.29) is 11.3 Å². The first-order chi connectivity index (χ1) is 9.48. The van der Waals surface area contributed by atoms with Crippen molar-refractivity contribution < 1.29 is 4.79 Å². The van der Waals surface area contributed by atoms with Gasteiger partial charge in [-0.1, -0.05) is 30.7 Å². The average Bonchev–Trinajstić information content (AvgIpc) is 2.42. The van der Waals surface area contributed by atoms with Gasteiger partial charge in [-0.3, -0.25) is 4.79 Å². The average molecular weight is 274 g/mol. The van der Waals surface area contributed by atoms with Crippen molar-refractivity contribution in [3.05, 3.63) is 34.9 Å². The minimum Gasteiger partial charge on any atom is -0.355 e. The van der Waals surface area contributed by atoms with Crippen molar-refractivity contribution in [3.63, 3.8) is 0 Å². The molecule has 0 saturated carbocycles. The predicted molar refractivity (Wildman–Crippen MR) is 82.8 cm³/mol. The first-order valence-corrected chi connectivity index (χ1v) is 7.52. The van der Waals surface area contributed by atoms with Crippen LogP contribution in [0, 0.1) is 19.3 Å². The van der Waals surface area contributed by atoms with Crippen LogP contribution >= 0.6 is 0 Å². The summed E-state index contributed by atoms with van der Waals surface area (Å²) in [5, 5.41) is 6.52. The first-order valence-electron chi connectivity index (χ1n) is 7.52. The van der Waals surface area contributed by atoms with E-state index in [0.29, 0.717) is 6.42 Å². The molecular formula is C17H26N2O. The number of aryl methyl sites for hydroxylation is 2. The fourth-order valence-corrected chi connectivity index (χ4v) is 2.81. The molecule has 3 heteroatoms. The Labute approximate surface area is 122 Å². The molecule has 1 aliphatic heterocycles. The Morgan fingerprint density at radius 3 is 2.90 bits per heavy atom. The maximum Gasteiger partial charge on any atom is 0.224 e. The third-order valence-electron chi connectivity index (χ3n) is 4.25. The van der Waals surface area contributed by atoms with Gasteiger partial charge in [-0.2, -0.15) is 0 Å². The van der Waals surface area contributed by atoms with E-state index in [4.69, 9.17) is 0 Å². The summed E-state index contributed by atoms with van der Waals surface area (Å²) in [6.45, 7) is 9.24. The lowest BCUT2D eigenvalue weighted by molar-refractivity contribution is -0.121. The van der Waals surface area contributed by atoms with Gasteiger partial charge in [0.2, 0.25) is 5.91 Å². The van der Waals surface area contributed by atoms with Gasteiger partial charge < -0.3 is 10.6 Å². The summed E-state index contributed by atoms with van der Waals surface area (Å²) >= 11 is 0. The standard InChI is InChI=1S/C17H26N2O/c1-13-5-6-14(2)15(9-13)10-16(20)19-12-17(3)7-4-8-18-11-17/h5-6,9,18H,4,7-8,10-12H2,1-3H3,(H,19,20). The van der Waals surface area contributed by atoms with Crippen molar-refractivity contribution in [2.45, 2.75) is 40.0 Å². The molecule has 1 fully saturated rings. The van der Waals surface area contributed by atoms with Crippen molar-refractivity contribution in [1.29, 1.82) is 0 Å². The van der Waals surface area contributed by atoms with E-state index in [9.17, 15) is 4.79 Å². The zero-order chi connectivity index (χ0) is 14.6. The molecule has 0 aliphatic carbocycles. The Balaban J connectivity index is 1.87. The molecule has 3 nitrogen and oxygen atoms in total. The third kappa shape index (κ3) is 4.07. The molecule has 1 amide bonds. The van der Waals surface area contributed by atoms with E-state index in [2.05, 4.69) is 49.6 Å². The van der Waals surface area contributed by atoms with E-state index in [1.54, 1.807) is 0 Å². The number of hydrogen-bond acceptors (Lipinski definition) is 2. The molecule has 0 spiro atoms. The maximum absolute atomic E-state index is 12.1. The highest BCUT2D eigenvalue weighted by atomic mass is 16.1. The van der Waals surface area contributed by atoms with Crippen LogP contribution in [-0.2, 0) is 11.2 Å². The van der Waals surface area contributed by atoms with Gasteiger partial charge in [-0.15, -0.1) is 0 Å². The number of nitrogens with one attached hydrogen (secondary N) is 2. The molecule has 1 aromatic rings. The van der Waals surface area contributed by atoms with Crippen LogP contribution in [0.1, 0.15) is 36.5 Å². The summed E-state index contributed by atoms with van der Waals surface area (Å²) in [4.78, 5) is 12.1. The van der Waals surface area contributed by atoms with Gasteiger partial charge in [0.25, 0.3) is 0 Å². The fourth-order valence-electron chi connectivity index (χ4n) is 2.81. The van der Waals surface area contributed by atoms with E-state index < -0.39 is 0 Å². The largest absolute Gasteiger partial charge is 0.355 e. The Morgan fingerprint density at radius 2 is 2.20 bits per heavy atom. The number of carbonyl (C=O) groups excluding carboxylic acids is 1. The van der Waals surface area contributed by atoms with Crippen LogP contribution in [0.3, 0.4) is 0 Å². The predicted octanol–water partition coefficient (Wildman–Crippen LogP) is 2.35. The second-order valence-electron chi connectivity index (χ2n) is 6.47. The molecule has 0 radical (unpaired) electrons. The molecule has 1 aromatic carbocycles. The smallest absolute Gasteiger partial charge is 0.224 e. The molecule has 1 heterocycles. The molecule has 0 aromatic heterocycles. The van der Waals surface area contributed by atoms with Crippen LogP contribution in [0.4, 0.5) is 0 Å². The van der Waals surface area contributed by atoms with E-state index in [1.165, 1.54) is 24.0 Å². The molecule has 0 bridgehead atoms. The van der Waals surface area contributed by atoms with Crippen molar-refractivity contribution >= 4 is 5.91 Å². The first kappa shape index (κ1) is 15.0. The summed E-state index contributed by atoms with van der Waals surface area (Å²) in [5.41, 5.74) is 3.74. The highest BCUT2D eigenvalue weighted by Crippen LogP contribution is 2.24. The summed E-state index contributed by atoms with van der Waals surface area (Å²) in [5.74, 6) is 0.130. The Hall–Kier alpha value is -1.35. The topological polar surface area (TPSA) is 41.1 Å².